The Bertz CT molecular complexity index is 796. The zero-order valence-corrected chi connectivity index (χ0v) is 13.9. The molecule has 2 heterocycles. The van der Waals surface area contributed by atoms with Crippen LogP contribution in [0, 0.1) is 12.7 Å². The molecule has 1 aromatic heterocycles. The van der Waals surface area contributed by atoms with E-state index < -0.39 is 0 Å². The Morgan fingerprint density at radius 2 is 2.05 bits per heavy atom. The Labute approximate surface area is 134 Å². The maximum Gasteiger partial charge on any atom is 0.0829 e. The molecule has 103 valence electrons. The summed E-state index contributed by atoms with van der Waals surface area (Å²) in [6, 6.07) is 15.9. The average molecular weight is 458 g/mol. The second kappa shape index (κ2) is 5.17. The topological polar surface area (TPSA) is 18.8 Å². The van der Waals surface area contributed by atoms with Gasteiger partial charge in [-0.2, -0.15) is 29.5 Å². The standard InChI is InChI=1S/C15H11N3S.Ir/c1-17-10-18(9-16-17)12-6-4-8-14-15(12)11-5-2-3-7-13(11)19-14;/h2-5,7-10H,1H3;/q-2;. The van der Waals surface area contributed by atoms with Gasteiger partial charge in [0.05, 0.1) is 6.34 Å². The SMILES string of the molecule is CN1[CH-]N(c2[c-]ccc3sc4ccccc4c23)C=N1.[Ir]. The third-order valence-corrected chi connectivity index (χ3v) is 4.36. The molecular weight excluding hydrogens is 446 g/mol. The maximum absolute atomic E-state index is 4.23. The molecule has 0 atom stereocenters. The minimum atomic E-state index is 0. The van der Waals surface area contributed by atoms with E-state index in [4.69, 9.17) is 0 Å². The molecule has 0 unspecified atom stereocenters. The molecule has 1 radical (unpaired) electrons. The summed E-state index contributed by atoms with van der Waals surface area (Å²) in [6.45, 7) is 1.96. The first-order valence-electron chi connectivity index (χ1n) is 6.05. The summed E-state index contributed by atoms with van der Waals surface area (Å²) in [5, 5.41) is 8.55. The van der Waals surface area contributed by atoms with Crippen LogP contribution in [-0.4, -0.2) is 18.4 Å². The fraction of sp³-hybridized carbons (Fsp3) is 0.0667. The van der Waals surface area contributed by atoms with Gasteiger partial charge < -0.3 is 9.91 Å². The normalized spacial score (nSPS) is 14.2. The number of benzene rings is 2. The Kier molecular flexibility index (Phi) is 3.50. The molecule has 3 nitrogen and oxygen atoms in total. The number of rotatable bonds is 1. The van der Waals surface area contributed by atoms with Crippen molar-refractivity contribution in [3.63, 3.8) is 0 Å². The van der Waals surface area contributed by atoms with Crippen LogP contribution in [0.5, 0.6) is 0 Å². The van der Waals surface area contributed by atoms with E-state index >= 15 is 0 Å². The molecule has 5 heteroatoms. The molecule has 0 saturated heterocycles. The van der Waals surface area contributed by atoms with Crippen LogP contribution in [0.3, 0.4) is 0 Å². The second-order valence-electron chi connectivity index (χ2n) is 4.49. The van der Waals surface area contributed by atoms with Crippen molar-refractivity contribution < 1.29 is 20.1 Å². The predicted molar refractivity (Wildman–Crippen MR) is 81.2 cm³/mol. The Hall–Kier alpha value is -1.42. The van der Waals surface area contributed by atoms with Gasteiger partial charge in [-0.1, -0.05) is 39.4 Å². The number of fused-ring (bicyclic) bond motifs is 3. The van der Waals surface area contributed by atoms with Gasteiger partial charge in [0, 0.05) is 24.8 Å². The quantitative estimate of drug-likeness (QED) is 0.520. The van der Waals surface area contributed by atoms with Gasteiger partial charge in [0.15, 0.2) is 0 Å². The molecular formula is C15H11IrN3S-2. The van der Waals surface area contributed by atoms with Crippen LogP contribution in [0.2, 0.25) is 0 Å². The first kappa shape index (κ1) is 13.6. The number of nitrogens with zero attached hydrogens (tertiary/aromatic N) is 3. The molecule has 3 aromatic rings. The molecule has 1 aliphatic rings. The summed E-state index contributed by atoms with van der Waals surface area (Å²) < 4.78 is 2.59. The van der Waals surface area contributed by atoms with E-state index in [1.165, 1.54) is 20.2 Å². The van der Waals surface area contributed by atoms with Gasteiger partial charge in [0.25, 0.3) is 0 Å². The van der Waals surface area contributed by atoms with E-state index in [9.17, 15) is 0 Å². The number of thiophene rings is 1. The number of anilines is 1. The minimum absolute atomic E-state index is 0. The third kappa shape index (κ3) is 2.02. The number of hydrazone groups is 1. The fourth-order valence-corrected chi connectivity index (χ4v) is 3.50. The molecule has 0 amide bonds. The molecule has 0 N–H and O–H groups in total. The van der Waals surface area contributed by atoms with E-state index in [0.717, 1.165) is 5.69 Å². The summed E-state index contributed by atoms with van der Waals surface area (Å²) in [5.74, 6) is 0. The van der Waals surface area contributed by atoms with Crippen molar-refractivity contribution in [3.8, 4) is 0 Å². The summed E-state index contributed by atoms with van der Waals surface area (Å²) in [6.07, 6.45) is 1.82. The van der Waals surface area contributed by atoms with Crippen molar-refractivity contribution in [2.24, 2.45) is 5.10 Å². The maximum atomic E-state index is 4.23. The monoisotopic (exact) mass is 458 g/mol. The van der Waals surface area contributed by atoms with E-state index in [0.29, 0.717) is 0 Å². The summed E-state index contributed by atoms with van der Waals surface area (Å²) in [7, 11) is 1.92. The minimum Gasteiger partial charge on any atom is -0.483 e. The first-order valence-corrected chi connectivity index (χ1v) is 6.87. The summed E-state index contributed by atoms with van der Waals surface area (Å²) >= 11 is 1.82. The zero-order valence-electron chi connectivity index (χ0n) is 10.7. The molecule has 4 rings (SSSR count). The molecule has 0 bridgehead atoms. The summed E-state index contributed by atoms with van der Waals surface area (Å²) in [5.41, 5.74) is 1.06. The van der Waals surface area contributed by atoms with Crippen molar-refractivity contribution in [2.75, 3.05) is 11.9 Å². The second-order valence-corrected chi connectivity index (χ2v) is 5.57. The van der Waals surface area contributed by atoms with Crippen molar-refractivity contribution in [1.29, 1.82) is 0 Å². The van der Waals surface area contributed by atoms with Crippen LogP contribution in [0.4, 0.5) is 5.69 Å². The van der Waals surface area contributed by atoms with Crippen LogP contribution in [0.25, 0.3) is 20.2 Å². The van der Waals surface area contributed by atoms with E-state index in [-0.39, 0.29) is 20.1 Å². The van der Waals surface area contributed by atoms with E-state index in [1.54, 1.807) is 5.01 Å². The zero-order chi connectivity index (χ0) is 12.8. The van der Waals surface area contributed by atoms with Gasteiger partial charge in [0.1, 0.15) is 0 Å². The Morgan fingerprint density at radius 1 is 1.20 bits per heavy atom. The van der Waals surface area contributed by atoms with Crippen molar-refractivity contribution in [2.45, 2.75) is 0 Å². The molecule has 0 spiro atoms. The van der Waals surface area contributed by atoms with Crippen LogP contribution >= 0.6 is 11.3 Å². The van der Waals surface area contributed by atoms with Gasteiger partial charge in [-0.05, 0) is 13.1 Å². The first-order chi connectivity index (χ1) is 9.33. The molecule has 20 heavy (non-hydrogen) atoms. The molecule has 0 saturated carbocycles. The van der Waals surface area contributed by atoms with Crippen LogP contribution in [0.15, 0.2) is 41.5 Å². The molecule has 1 aliphatic heterocycles. The van der Waals surface area contributed by atoms with Crippen molar-refractivity contribution in [3.05, 3.63) is 49.1 Å². The fourth-order valence-electron chi connectivity index (χ4n) is 2.39. The largest absolute Gasteiger partial charge is 0.483 e. The van der Waals surface area contributed by atoms with Gasteiger partial charge >= 0.3 is 0 Å². The van der Waals surface area contributed by atoms with Gasteiger partial charge in [-0.25, -0.2) is 5.10 Å². The van der Waals surface area contributed by atoms with Gasteiger partial charge in [-0.15, -0.1) is 6.67 Å². The van der Waals surface area contributed by atoms with Crippen LogP contribution < -0.4 is 4.90 Å². The van der Waals surface area contributed by atoms with Crippen molar-refractivity contribution >= 4 is 43.5 Å². The Balaban J connectivity index is 0.00000121. The van der Waals surface area contributed by atoms with E-state index in [1.807, 2.05) is 42.4 Å². The molecule has 0 aliphatic carbocycles. The Morgan fingerprint density at radius 3 is 2.85 bits per heavy atom. The third-order valence-electron chi connectivity index (χ3n) is 3.22. The van der Waals surface area contributed by atoms with Gasteiger partial charge in [0.2, 0.25) is 0 Å². The smallest absolute Gasteiger partial charge is 0.0829 e. The van der Waals surface area contributed by atoms with E-state index in [2.05, 4.69) is 41.5 Å². The average Bonchev–Trinajstić information content (AvgIpc) is 3.01. The predicted octanol–water partition coefficient (Wildman–Crippen LogP) is 3.67. The molecule has 2 aromatic carbocycles. The van der Waals surface area contributed by atoms with Crippen LogP contribution in [0.1, 0.15) is 0 Å². The molecule has 0 fully saturated rings. The summed E-state index contributed by atoms with van der Waals surface area (Å²) in [4.78, 5) is 2.02. The number of hydrogen-bond acceptors (Lipinski definition) is 4. The van der Waals surface area contributed by atoms with Crippen LogP contribution in [-0.2, 0) is 20.1 Å². The van der Waals surface area contributed by atoms with Crippen molar-refractivity contribution in [1.82, 2.24) is 5.01 Å². The van der Waals surface area contributed by atoms with Gasteiger partial charge in [-0.3, -0.25) is 0 Å². The number of hydrogen-bond donors (Lipinski definition) is 0.